The van der Waals surface area contributed by atoms with Crippen molar-refractivity contribution in [2.24, 2.45) is 0 Å². The molecule has 2 nitrogen and oxygen atoms in total. The van der Waals surface area contributed by atoms with E-state index in [1.54, 1.807) is 0 Å². The zero-order chi connectivity index (χ0) is 17.2. The monoisotopic (exact) mass is 343 g/mol. The third-order valence-electron chi connectivity index (χ3n) is 4.57. The molecular formula is C22H17NOS. The van der Waals surface area contributed by atoms with E-state index in [9.17, 15) is 4.79 Å². The summed E-state index contributed by atoms with van der Waals surface area (Å²) in [6.07, 6.45) is 0.973. The highest BCUT2D eigenvalue weighted by Crippen LogP contribution is 2.26. The molecule has 0 amide bonds. The molecule has 0 spiro atoms. The minimum atomic E-state index is 0.0405. The molecule has 122 valence electrons. The van der Waals surface area contributed by atoms with Crippen LogP contribution >= 0.6 is 12.2 Å². The SMILES string of the molecule is O=C(c1ccccc1)c1ccc(N2CCc3ccccc3C2=S)cc1. The number of carbonyl (C=O) groups is 1. The molecule has 3 aromatic rings. The molecule has 0 fully saturated rings. The molecule has 0 aliphatic carbocycles. The van der Waals surface area contributed by atoms with Gasteiger partial charge in [0.25, 0.3) is 0 Å². The Balaban J connectivity index is 1.59. The van der Waals surface area contributed by atoms with Crippen molar-refractivity contribution >= 4 is 28.7 Å². The highest BCUT2D eigenvalue weighted by Gasteiger charge is 2.21. The first-order valence-corrected chi connectivity index (χ1v) is 8.74. The molecule has 1 aliphatic heterocycles. The molecule has 0 aromatic heterocycles. The average Bonchev–Trinajstić information content (AvgIpc) is 2.69. The molecule has 0 saturated heterocycles. The molecule has 0 radical (unpaired) electrons. The first-order valence-electron chi connectivity index (χ1n) is 8.33. The maximum atomic E-state index is 12.5. The van der Waals surface area contributed by atoms with Gasteiger partial charge in [0.05, 0.1) is 0 Å². The van der Waals surface area contributed by atoms with Crippen molar-refractivity contribution in [3.05, 3.63) is 101 Å². The lowest BCUT2D eigenvalue weighted by Gasteiger charge is -2.31. The number of fused-ring (bicyclic) bond motifs is 1. The topological polar surface area (TPSA) is 20.3 Å². The number of ketones is 1. The molecule has 0 bridgehead atoms. The van der Waals surface area contributed by atoms with Crippen LogP contribution in [0.1, 0.15) is 27.0 Å². The van der Waals surface area contributed by atoms with Crippen LogP contribution in [0.3, 0.4) is 0 Å². The fourth-order valence-corrected chi connectivity index (χ4v) is 3.62. The summed E-state index contributed by atoms with van der Waals surface area (Å²) in [5.41, 5.74) is 4.87. The summed E-state index contributed by atoms with van der Waals surface area (Å²) in [5.74, 6) is 0.0405. The van der Waals surface area contributed by atoms with Crippen molar-refractivity contribution in [3.63, 3.8) is 0 Å². The number of hydrogen-bond acceptors (Lipinski definition) is 2. The number of anilines is 1. The van der Waals surface area contributed by atoms with Crippen LogP contribution in [-0.2, 0) is 6.42 Å². The summed E-state index contributed by atoms with van der Waals surface area (Å²) in [5, 5.41) is 0. The number of rotatable bonds is 3. The van der Waals surface area contributed by atoms with Crippen molar-refractivity contribution in [1.29, 1.82) is 0 Å². The van der Waals surface area contributed by atoms with E-state index in [0.29, 0.717) is 11.1 Å². The smallest absolute Gasteiger partial charge is 0.193 e. The summed E-state index contributed by atoms with van der Waals surface area (Å²) in [6.45, 7) is 0.863. The Bertz CT molecular complexity index is 932. The van der Waals surface area contributed by atoms with Crippen molar-refractivity contribution in [2.75, 3.05) is 11.4 Å². The van der Waals surface area contributed by atoms with E-state index < -0.39 is 0 Å². The normalized spacial score (nSPS) is 13.4. The predicted octanol–water partition coefficient (Wildman–Crippen LogP) is 4.66. The molecule has 25 heavy (non-hydrogen) atoms. The largest absolute Gasteiger partial charge is 0.332 e. The van der Waals surface area contributed by atoms with Gasteiger partial charge in [-0.15, -0.1) is 0 Å². The van der Waals surface area contributed by atoms with Gasteiger partial charge < -0.3 is 4.90 Å². The van der Waals surface area contributed by atoms with Crippen LogP contribution in [0.25, 0.3) is 0 Å². The van der Waals surface area contributed by atoms with Gasteiger partial charge in [0, 0.05) is 28.9 Å². The minimum absolute atomic E-state index is 0.0405. The molecule has 0 saturated carbocycles. The zero-order valence-electron chi connectivity index (χ0n) is 13.7. The van der Waals surface area contributed by atoms with E-state index >= 15 is 0 Å². The van der Waals surface area contributed by atoms with E-state index in [1.165, 1.54) is 5.56 Å². The van der Waals surface area contributed by atoms with E-state index in [-0.39, 0.29) is 5.78 Å². The maximum absolute atomic E-state index is 12.5. The van der Waals surface area contributed by atoms with Gasteiger partial charge in [-0.1, -0.05) is 66.8 Å². The average molecular weight is 343 g/mol. The van der Waals surface area contributed by atoms with E-state index in [0.717, 1.165) is 29.2 Å². The summed E-state index contributed by atoms with van der Waals surface area (Å²) in [6, 6.07) is 25.4. The van der Waals surface area contributed by atoms with Gasteiger partial charge in [-0.25, -0.2) is 0 Å². The minimum Gasteiger partial charge on any atom is -0.332 e. The van der Waals surface area contributed by atoms with Gasteiger partial charge in [0.15, 0.2) is 5.78 Å². The molecule has 4 rings (SSSR count). The van der Waals surface area contributed by atoms with Gasteiger partial charge in [-0.3, -0.25) is 4.79 Å². The fraction of sp³-hybridized carbons (Fsp3) is 0.0909. The van der Waals surface area contributed by atoms with Gasteiger partial charge in [0.1, 0.15) is 4.99 Å². The lowest BCUT2D eigenvalue weighted by molar-refractivity contribution is 0.103. The summed E-state index contributed by atoms with van der Waals surface area (Å²) in [4.78, 5) is 15.5. The van der Waals surface area contributed by atoms with E-state index in [2.05, 4.69) is 23.1 Å². The highest BCUT2D eigenvalue weighted by molar-refractivity contribution is 7.81. The van der Waals surface area contributed by atoms with Crippen molar-refractivity contribution in [3.8, 4) is 0 Å². The van der Waals surface area contributed by atoms with Gasteiger partial charge in [0.2, 0.25) is 0 Å². The number of thiocarbonyl (C=S) groups is 1. The summed E-state index contributed by atoms with van der Waals surface area (Å²) >= 11 is 5.68. The third-order valence-corrected chi connectivity index (χ3v) is 5.02. The first kappa shape index (κ1) is 15.7. The Morgan fingerprint density at radius 2 is 1.44 bits per heavy atom. The van der Waals surface area contributed by atoms with Crippen LogP contribution in [0.2, 0.25) is 0 Å². The Morgan fingerprint density at radius 1 is 0.800 bits per heavy atom. The molecular weight excluding hydrogens is 326 g/mol. The van der Waals surface area contributed by atoms with Crippen molar-refractivity contribution in [2.45, 2.75) is 6.42 Å². The Labute approximate surface area is 152 Å². The first-order chi connectivity index (χ1) is 12.2. The van der Waals surface area contributed by atoms with Crippen molar-refractivity contribution < 1.29 is 4.79 Å². The quantitative estimate of drug-likeness (QED) is 0.510. The molecule has 0 unspecified atom stereocenters. The maximum Gasteiger partial charge on any atom is 0.193 e. The van der Waals surface area contributed by atoms with Gasteiger partial charge in [-0.05, 0) is 36.2 Å². The molecule has 3 aromatic carbocycles. The van der Waals surface area contributed by atoms with E-state index in [4.69, 9.17) is 12.2 Å². The zero-order valence-corrected chi connectivity index (χ0v) is 14.5. The number of hydrogen-bond donors (Lipinski definition) is 0. The second kappa shape index (κ2) is 6.61. The predicted molar refractivity (Wildman–Crippen MR) is 106 cm³/mol. The highest BCUT2D eigenvalue weighted by atomic mass is 32.1. The Morgan fingerprint density at radius 3 is 2.20 bits per heavy atom. The Hall–Kier alpha value is -2.78. The second-order valence-electron chi connectivity index (χ2n) is 6.11. The Kier molecular flexibility index (Phi) is 4.16. The third kappa shape index (κ3) is 2.99. The van der Waals surface area contributed by atoms with Gasteiger partial charge >= 0.3 is 0 Å². The standard InChI is InChI=1S/C22H17NOS/c24-21(17-7-2-1-3-8-17)18-10-12-19(13-11-18)23-15-14-16-6-4-5-9-20(16)22(23)25/h1-13H,14-15H2. The molecule has 1 heterocycles. The summed E-state index contributed by atoms with van der Waals surface area (Å²) < 4.78 is 0. The number of benzene rings is 3. The summed E-state index contributed by atoms with van der Waals surface area (Å²) in [7, 11) is 0. The second-order valence-corrected chi connectivity index (χ2v) is 6.49. The lowest BCUT2D eigenvalue weighted by atomic mass is 9.98. The number of nitrogens with zero attached hydrogens (tertiary/aromatic N) is 1. The molecule has 1 aliphatic rings. The molecule has 0 N–H and O–H groups in total. The van der Waals surface area contributed by atoms with Crippen LogP contribution in [0.4, 0.5) is 5.69 Å². The van der Waals surface area contributed by atoms with E-state index in [1.807, 2.05) is 60.7 Å². The van der Waals surface area contributed by atoms with Crippen LogP contribution < -0.4 is 4.90 Å². The molecule has 3 heteroatoms. The molecule has 0 atom stereocenters. The van der Waals surface area contributed by atoms with Crippen LogP contribution in [0, 0.1) is 0 Å². The van der Waals surface area contributed by atoms with Crippen LogP contribution in [0.15, 0.2) is 78.9 Å². The fourth-order valence-electron chi connectivity index (χ4n) is 3.22. The van der Waals surface area contributed by atoms with Crippen LogP contribution in [-0.4, -0.2) is 17.3 Å². The van der Waals surface area contributed by atoms with Gasteiger partial charge in [-0.2, -0.15) is 0 Å². The number of carbonyl (C=O) groups excluding carboxylic acids is 1. The van der Waals surface area contributed by atoms with Crippen LogP contribution in [0.5, 0.6) is 0 Å². The van der Waals surface area contributed by atoms with Crippen molar-refractivity contribution in [1.82, 2.24) is 0 Å². The lowest BCUT2D eigenvalue weighted by Crippen LogP contribution is -2.36.